The van der Waals surface area contributed by atoms with Crippen LogP contribution in [0.3, 0.4) is 0 Å². The summed E-state index contributed by atoms with van der Waals surface area (Å²) in [4.78, 5) is 30.7. The van der Waals surface area contributed by atoms with E-state index in [2.05, 4.69) is 41.5 Å². The maximum absolute atomic E-state index is 12.4. The minimum absolute atomic E-state index is 0.252. The first kappa shape index (κ1) is 18.4. The number of rotatable bonds is 4. The second-order valence-corrected chi connectivity index (χ2v) is 7.83. The van der Waals surface area contributed by atoms with E-state index in [0.717, 1.165) is 17.0 Å². The molecule has 1 aromatic heterocycles. The summed E-state index contributed by atoms with van der Waals surface area (Å²) >= 11 is 1.47. The fraction of sp³-hybridized carbons (Fsp3) is 0.421. The van der Waals surface area contributed by atoms with Crippen LogP contribution in [0.25, 0.3) is 0 Å². The Hall–Kier alpha value is -2.41. The summed E-state index contributed by atoms with van der Waals surface area (Å²) in [5.74, 6) is -1.32. The molecule has 1 aliphatic heterocycles. The van der Waals surface area contributed by atoms with Crippen molar-refractivity contribution in [2.24, 2.45) is 5.92 Å². The Labute approximate surface area is 156 Å². The summed E-state index contributed by atoms with van der Waals surface area (Å²) in [6, 6.07) is 8.11. The smallest absolute Gasteiger partial charge is 0.323 e. The molecule has 0 bridgehead atoms. The molecule has 2 heterocycles. The average Bonchev–Trinajstić information content (AvgIpc) is 2.96. The number of thiazole rings is 1. The van der Waals surface area contributed by atoms with E-state index in [1.54, 1.807) is 4.90 Å². The zero-order chi connectivity index (χ0) is 18.7. The maximum Gasteiger partial charge on any atom is 0.323 e. The molecule has 7 heteroatoms. The maximum atomic E-state index is 12.4. The molecule has 1 unspecified atom stereocenters. The number of aryl methyl sites for hydroxylation is 2. The molecule has 0 saturated carbocycles. The molecule has 2 aromatic rings. The van der Waals surface area contributed by atoms with Gasteiger partial charge >= 0.3 is 12.0 Å². The van der Waals surface area contributed by atoms with E-state index in [-0.39, 0.29) is 12.6 Å². The molecule has 1 atom stereocenters. The Morgan fingerprint density at radius 1 is 1.31 bits per heavy atom. The van der Waals surface area contributed by atoms with Crippen LogP contribution >= 0.6 is 11.3 Å². The highest BCUT2D eigenvalue weighted by atomic mass is 32.1. The van der Waals surface area contributed by atoms with Crippen LogP contribution in [0, 0.1) is 19.8 Å². The number of hydrogen-bond donors (Lipinski definition) is 2. The van der Waals surface area contributed by atoms with Crippen LogP contribution in [0.1, 0.15) is 34.5 Å². The van der Waals surface area contributed by atoms with E-state index in [0.29, 0.717) is 24.5 Å². The van der Waals surface area contributed by atoms with Gasteiger partial charge in [-0.05, 0) is 32.3 Å². The quantitative estimate of drug-likeness (QED) is 0.856. The summed E-state index contributed by atoms with van der Waals surface area (Å²) < 4.78 is 0. The average molecular weight is 373 g/mol. The van der Waals surface area contributed by atoms with Gasteiger partial charge in [-0.15, -0.1) is 11.3 Å². The Balaban J connectivity index is 1.64. The number of nitrogens with one attached hydrogen (secondary N) is 1. The first-order valence-electron chi connectivity index (χ1n) is 8.73. The molecule has 1 fully saturated rings. The molecule has 1 aliphatic rings. The monoisotopic (exact) mass is 373 g/mol. The molecular weight excluding hydrogens is 350 g/mol. The van der Waals surface area contributed by atoms with E-state index < -0.39 is 11.9 Å². The third kappa shape index (κ3) is 4.40. The van der Waals surface area contributed by atoms with E-state index >= 15 is 0 Å². The largest absolute Gasteiger partial charge is 0.481 e. The van der Waals surface area contributed by atoms with Crippen LogP contribution in [-0.4, -0.2) is 40.1 Å². The van der Waals surface area contributed by atoms with Crippen molar-refractivity contribution >= 4 is 28.5 Å². The SMILES string of the molecule is Cc1ccc(Cc2sc(NC(=O)N3CCCC(C(=O)O)C3)nc2C)cc1. The van der Waals surface area contributed by atoms with Crippen LogP contribution in [0.15, 0.2) is 24.3 Å². The number of nitrogens with zero attached hydrogens (tertiary/aromatic N) is 2. The van der Waals surface area contributed by atoms with Crippen LogP contribution < -0.4 is 5.32 Å². The first-order valence-corrected chi connectivity index (χ1v) is 9.54. The van der Waals surface area contributed by atoms with E-state index in [1.165, 1.54) is 22.5 Å². The van der Waals surface area contributed by atoms with Crippen molar-refractivity contribution in [2.45, 2.75) is 33.1 Å². The van der Waals surface area contributed by atoms with Crippen molar-refractivity contribution in [3.63, 3.8) is 0 Å². The van der Waals surface area contributed by atoms with E-state index in [1.807, 2.05) is 6.92 Å². The number of carbonyl (C=O) groups excluding carboxylic acids is 1. The Kier molecular flexibility index (Phi) is 5.56. The van der Waals surface area contributed by atoms with E-state index in [4.69, 9.17) is 5.11 Å². The van der Waals surface area contributed by atoms with Gasteiger partial charge < -0.3 is 10.0 Å². The number of carboxylic acid groups (broad SMARTS) is 1. The highest BCUT2D eigenvalue weighted by Gasteiger charge is 2.28. The number of carbonyl (C=O) groups is 2. The van der Waals surface area contributed by atoms with Crippen molar-refractivity contribution in [1.82, 2.24) is 9.88 Å². The second-order valence-electron chi connectivity index (χ2n) is 6.74. The van der Waals surface area contributed by atoms with Gasteiger partial charge in [-0.3, -0.25) is 10.1 Å². The lowest BCUT2D eigenvalue weighted by molar-refractivity contribution is -0.143. The predicted octanol–water partition coefficient (Wildman–Crippen LogP) is 3.68. The minimum Gasteiger partial charge on any atom is -0.481 e. The van der Waals surface area contributed by atoms with Gasteiger partial charge in [-0.2, -0.15) is 0 Å². The summed E-state index contributed by atoms with van der Waals surface area (Å²) in [7, 11) is 0. The summed E-state index contributed by atoms with van der Waals surface area (Å²) in [5.41, 5.74) is 3.34. The zero-order valence-corrected chi connectivity index (χ0v) is 15.8. The standard InChI is InChI=1S/C19H23N3O3S/c1-12-5-7-14(8-6-12)10-16-13(2)20-18(26-16)21-19(25)22-9-3-4-15(11-22)17(23)24/h5-8,15H,3-4,9-11H2,1-2H3,(H,23,24)(H,20,21,25). The van der Waals surface area contributed by atoms with Crippen molar-refractivity contribution in [3.05, 3.63) is 46.0 Å². The fourth-order valence-corrected chi connectivity index (χ4v) is 4.06. The molecule has 0 spiro atoms. The number of anilines is 1. The molecule has 6 nitrogen and oxygen atoms in total. The predicted molar refractivity (Wildman–Crippen MR) is 102 cm³/mol. The fourth-order valence-electron chi connectivity index (χ4n) is 3.07. The lowest BCUT2D eigenvalue weighted by Gasteiger charge is -2.30. The molecule has 0 aliphatic carbocycles. The lowest BCUT2D eigenvalue weighted by atomic mass is 9.99. The normalized spacial score (nSPS) is 17.2. The lowest BCUT2D eigenvalue weighted by Crippen LogP contribution is -2.44. The number of aliphatic carboxylic acids is 1. The van der Waals surface area contributed by atoms with Gasteiger partial charge in [0.05, 0.1) is 11.6 Å². The first-order chi connectivity index (χ1) is 12.4. The molecule has 2 amide bonds. The van der Waals surface area contributed by atoms with Crippen LogP contribution in [0.5, 0.6) is 0 Å². The number of amides is 2. The molecule has 26 heavy (non-hydrogen) atoms. The Morgan fingerprint density at radius 3 is 2.73 bits per heavy atom. The molecule has 1 aromatic carbocycles. The Morgan fingerprint density at radius 2 is 2.04 bits per heavy atom. The number of urea groups is 1. The molecule has 138 valence electrons. The molecule has 0 radical (unpaired) electrons. The second kappa shape index (κ2) is 7.86. The van der Waals surface area contributed by atoms with Crippen molar-refractivity contribution < 1.29 is 14.7 Å². The minimum atomic E-state index is -0.840. The Bertz CT molecular complexity index is 801. The third-order valence-electron chi connectivity index (χ3n) is 4.65. The van der Waals surface area contributed by atoms with Crippen LogP contribution in [0.2, 0.25) is 0 Å². The summed E-state index contributed by atoms with van der Waals surface area (Å²) in [6.45, 7) is 4.83. The van der Waals surface area contributed by atoms with E-state index in [9.17, 15) is 9.59 Å². The highest BCUT2D eigenvalue weighted by molar-refractivity contribution is 7.15. The summed E-state index contributed by atoms with van der Waals surface area (Å²) in [6.07, 6.45) is 2.11. The summed E-state index contributed by atoms with van der Waals surface area (Å²) in [5, 5.41) is 12.5. The highest BCUT2D eigenvalue weighted by Crippen LogP contribution is 2.26. The van der Waals surface area contributed by atoms with Gasteiger partial charge in [-0.1, -0.05) is 29.8 Å². The van der Waals surface area contributed by atoms with Crippen LogP contribution in [-0.2, 0) is 11.2 Å². The van der Waals surface area contributed by atoms with Gasteiger partial charge in [0.15, 0.2) is 5.13 Å². The zero-order valence-electron chi connectivity index (χ0n) is 15.0. The molecule has 3 rings (SSSR count). The number of benzene rings is 1. The number of piperidine rings is 1. The number of likely N-dealkylation sites (tertiary alicyclic amines) is 1. The van der Waals surface area contributed by atoms with Gasteiger partial charge in [0, 0.05) is 24.4 Å². The van der Waals surface area contributed by atoms with Gasteiger partial charge in [0.25, 0.3) is 0 Å². The molecule has 1 saturated heterocycles. The van der Waals surface area contributed by atoms with Gasteiger partial charge in [-0.25, -0.2) is 9.78 Å². The van der Waals surface area contributed by atoms with Gasteiger partial charge in [0.2, 0.25) is 0 Å². The number of aromatic nitrogens is 1. The topological polar surface area (TPSA) is 82.5 Å². The van der Waals surface area contributed by atoms with Crippen molar-refractivity contribution in [2.75, 3.05) is 18.4 Å². The molecule has 2 N–H and O–H groups in total. The number of hydrogen-bond acceptors (Lipinski definition) is 4. The van der Waals surface area contributed by atoms with Crippen molar-refractivity contribution in [3.8, 4) is 0 Å². The van der Waals surface area contributed by atoms with Crippen molar-refractivity contribution in [1.29, 1.82) is 0 Å². The van der Waals surface area contributed by atoms with Crippen LogP contribution in [0.4, 0.5) is 9.93 Å². The van der Waals surface area contributed by atoms with Gasteiger partial charge in [0.1, 0.15) is 0 Å². The third-order valence-corrected chi connectivity index (χ3v) is 5.72. The number of carboxylic acids is 1. The molecular formula is C19H23N3O3S.